The van der Waals surface area contributed by atoms with Gasteiger partial charge in [0.2, 0.25) is 0 Å². The number of aromatic hydroxyl groups is 2. The van der Waals surface area contributed by atoms with E-state index in [4.69, 9.17) is 0 Å². The summed E-state index contributed by atoms with van der Waals surface area (Å²) in [4.78, 5) is 2.31. The highest BCUT2D eigenvalue weighted by Gasteiger charge is 2.29. The van der Waals surface area contributed by atoms with Gasteiger partial charge >= 0.3 is 0 Å². The van der Waals surface area contributed by atoms with Crippen molar-refractivity contribution in [1.29, 1.82) is 0 Å². The molecule has 3 heteroatoms. The summed E-state index contributed by atoms with van der Waals surface area (Å²) in [5.74, 6) is 0.607. The van der Waals surface area contributed by atoms with Crippen LogP contribution in [0.5, 0.6) is 11.5 Å². The highest BCUT2D eigenvalue weighted by atomic mass is 16.3. The van der Waals surface area contributed by atoms with Gasteiger partial charge in [-0.1, -0.05) is 13.0 Å². The van der Waals surface area contributed by atoms with Gasteiger partial charge in [-0.05, 0) is 53.9 Å². The topological polar surface area (TPSA) is 43.7 Å². The second kappa shape index (κ2) is 4.50. The Labute approximate surface area is 112 Å². The first-order chi connectivity index (χ1) is 9.19. The van der Waals surface area contributed by atoms with Crippen molar-refractivity contribution >= 4 is 5.69 Å². The number of phenolic OH excluding ortho intramolecular Hbond substituents is 2. The van der Waals surface area contributed by atoms with Gasteiger partial charge in [0.25, 0.3) is 0 Å². The van der Waals surface area contributed by atoms with E-state index in [9.17, 15) is 10.2 Å². The van der Waals surface area contributed by atoms with E-state index in [1.807, 2.05) is 24.3 Å². The molecule has 0 aliphatic carbocycles. The van der Waals surface area contributed by atoms with E-state index in [2.05, 4.69) is 11.8 Å². The van der Waals surface area contributed by atoms with E-state index in [-0.39, 0.29) is 11.8 Å². The smallest absolute Gasteiger partial charge is 0.115 e. The molecule has 0 spiro atoms. The zero-order valence-corrected chi connectivity index (χ0v) is 10.9. The monoisotopic (exact) mass is 255 g/mol. The normalized spacial score (nSPS) is 17.5. The number of hydrogen-bond acceptors (Lipinski definition) is 3. The molecule has 3 nitrogen and oxygen atoms in total. The van der Waals surface area contributed by atoms with Gasteiger partial charge in [0.1, 0.15) is 11.5 Å². The van der Waals surface area contributed by atoms with Crippen LogP contribution >= 0.6 is 0 Å². The van der Waals surface area contributed by atoms with Gasteiger partial charge in [-0.2, -0.15) is 0 Å². The third-order valence-corrected chi connectivity index (χ3v) is 3.77. The van der Waals surface area contributed by atoms with Crippen molar-refractivity contribution < 1.29 is 10.2 Å². The number of hydrogen-bond donors (Lipinski definition) is 2. The molecule has 2 aromatic rings. The minimum absolute atomic E-state index is 0.283. The van der Waals surface area contributed by atoms with E-state index in [0.29, 0.717) is 5.75 Å². The van der Waals surface area contributed by atoms with Gasteiger partial charge in [0.15, 0.2) is 0 Å². The van der Waals surface area contributed by atoms with Crippen molar-refractivity contribution in [2.24, 2.45) is 0 Å². The van der Waals surface area contributed by atoms with Crippen molar-refractivity contribution in [3.63, 3.8) is 0 Å². The number of anilines is 1. The zero-order chi connectivity index (χ0) is 13.4. The molecule has 0 saturated carbocycles. The quantitative estimate of drug-likeness (QED) is 0.862. The molecule has 19 heavy (non-hydrogen) atoms. The third-order valence-electron chi connectivity index (χ3n) is 3.77. The summed E-state index contributed by atoms with van der Waals surface area (Å²) in [7, 11) is 0. The van der Waals surface area contributed by atoms with Crippen molar-refractivity contribution in [2.75, 3.05) is 4.90 Å². The van der Waals surface area contributed by atoms with E-state index in [1.54, 1.807) is 18.2 Å². The number of fused-ring (bicyclic) bond motifs is 1. The summed E-state index contributed by atoms with van der Waals surface area (Å²) >= 11 is 0. The molecule has 0 saturated heterocycles. The van der Waals surface area contributed by atoms with Crippen LogP contribution in [0.15, 0.2) is 42.5 Å². The second-order valence-electron chi connectivity index (χ2n) is 4.95. The molecule has 1 unspecified atom stereocenters. The predicted molar refractivity (Wildman–Crippen MR) is 75.4 cm³/mol. The Morgan fingerprint density at radius 3 is 2.42 bits per heavy atom. The average Bonchev–Trinajstić information content (AvgIpc) is 2.77. The van der Waals surface area contributed by atoms with Crippen LogP contribution in [0.4, 0.5) is 5.69 Å². The van der Waals surface area contributed by atoms with Gasteiger partial charge in [-0.25, -0.2) is 0 Å². The first kappa shape index (κ1) is 11.9. The van der Waals surface area contributed by atoms with E-state index in [1.165, 1.54) is 11.1 Å². The van der Waals surface area contributed by atoms with Crippen LogP contribution in [0.1, 0.15) is 30.5 Å². The lowest BCUT2D eigenvalue weighted by Crippen LogP contribution is -2.20. The Bertz CT molecular complexity index is 592. The number of rotatable bonds is 2. The van der Waals surface area contributed by atoms with Gasteiger partial charge in [-0.3, -0.25) is 0 Å². The van der Waals surface area contributed by atoms with Crippen LogP contribution in [-0.2, 0) is 6.54 Å². The van der Waals surface area contributed by atoms with Crippen LogP contribution in [0.3, 0.4) is 0 Å². The van der Waals surface area contributed by atoms with Crippen molar-refractivity contribution in [1.82, 2.24) is 0 Å². The van der Waals surface area contributed by atoms with Crippen molar-refractivity contribution in [3.8, 4) is 11.5 Å². The molecule has 0 radical (unpaired) electrons. The standard InChI is InChI=1S/C16H17NO2/c1-2-16-15-9-14(19)6-3-11(15)10-17(16)12-4-7-13(18)8-5-12/h3-9,16,18-19H,2,10H2,1H3. The first-order valence-electron chi connectivity index (χ1n) is 6.56. The number of phenols is 2. The predicted octanol–water partition coefficient (Wildman–Crippen LogP) is 3.57. The van der Waals surface area contributed by atoms with Crippen LogP contribution in [0.2, 0.25) is 0 Å². The van der Waals surface area contributed by atoms with Gasteiger partial charge in [-0.15, -0.1) is 0 Å². The van der Waals surface area contributed by atoms with Crippen molar-refractivity contribution in [3.05, 3.63) is 53.6 Å². The average molecular weight is 255 g/mol. The maximum absolute atomic E-state index is 9.65. The van der Waals surface area contributed by atoms with Crippen molar-refractivity contribution in [2.45, 2.75) is 25.9 Å². The fourth-order valence-corrected chi connectivity index (χ4v) is 2.85. The number of benzene rings is 2. The Kier molecular flexibility index (Phi) is 2.82. The van der Waals surface area contributed by atoms with Crippen LogP contribution in [0, 0.1) is 0 Å². The third kappa shape index (κ3) is 2.01. The summed E-state index contributed by atoms with van der Waals surface area (Å²) < 4.78 is 0. The van der Waals surface area contributed by atoms with Crippen LogP contribution in [-0.4, -0.2) is 10.2 Å². The van der Waals surface area contributed by atoms with Crippen LogP contribution in [0.25, 0.3) is 0 Å². The maximum Gasteiger partial charge on any atom is 0.115 e. The second-order valence-corrected chi connectivity index (χ2v) is 4.95. The highest BCUT2D eigenvalue weighted by Crippen LogP contribution is 2.40. The summed E-state index contributed by atoms with van der Waals surface area (Å²) in [6, 6.07) is 13.2. The summed E-state index contributed by atoms with van der Waals surface area (Å²) in [5, 5.41) is 19.0. The summed E-state index contributed by atoms with van der Waals surface area (Å²) in [6.45, 7) is 3.00. The van der Waals surface area contributed by atoms with Gasteiger partial charge in [0.05, 0.1) is 6.04 Å². The summed E-state index contributed by atoms with van der Waals surface area (Å²) in [6.07, 6.45) is 0.983. The molecule has 0 aromatic heterocycles. The molecular formula is C16H17NO2. The minimum Gasteiger partial charge on any atom is -0.508 e. The molecule has 98 valence electrons. The zero-order valence-electron chi connectivity index (χ0n) is 10.9. The fraction of sp³-hybridized carbons (Fsp3) is 0.250. The van der Waals surface area contributed by atoms with E-state index >= 15 is 0 Å². The lowest BCUT2D eigenvalue weighted by atomic mass is 10.0. The van der Waals surface area contributed by atoms with Gasteiger partial charge in [0, 0.05) is 12.2 Å². The molecule has 1 atom stereocenters. The number of nitrogens with zero attached hydrogens (tertiary/aromatic N) is 1. The van der Waals surface area contributed by atoms with E-state index < -0.39 is 0 Å². The maximum atomic E-state index is 9.65. The van der Waals surface area contributed by atoms with Crippen LogP contribution < -0.4 is 4.90 Å². The highest BCUT2D eigenvalue weighted by molar-refractivity contribution is 5.56. The molecule has 0 bridgehead atoms. The molecule has 0 fully saturated rings. The molecule has 1 heterocycles. The Balaban J connectivity index is 1.99. The summed E-state index contributed by atoms with van der Waals surface area (Å²) in [5.41, 5.74) is 3.56. The molecule has 3 rings (SSSR count). The Morgan fingerprint density at radius 1 is 1.05 bits per heavy atom. The first-order valence-corrected chi connectivity index (χ1v) is 6.56. The lowest BCUT2D eigenvalue weighted by Gasteiger charge is -2.26. The molecule has 2 N–H and O–H groups in total. The fourth-order valence-electron chi connectivity index (χ4n) is 2.85. The minimum atomic E-state index is 0.283. The molecular weight excluding hydrogens is 238 g/mol. The Morgan fingerprint density at radius 2 is 1.74 bits per heavy atom. The molecule has 1 aliphatic heterocycles. The van der Waals surface area contributed by atoms with Gasteiger partial charge < -0.3 is 15.1 Å². The molecule has 0 amide bonds. The lowest BCUT2D eigenvalue weighted by molar-refractivity contribution is 0.474. The SMILES string of the molecule is CCC1c2cc(O)ccc2CN1c1ccc(O)cc1. The molecule has 1 aliphatic rings. The van der Waals surface area contributed by atoms with E-state index in [0.717, 1.165) is 18.7 Å². The Hall–Kier alpha value is -2.16. The molecule has 2 aromatic carbocycles. The largest absolute Gasteiger partial charge is 0.508 e.